The van der Waals surface area contributed by atoms with Gasteiger partial charge in [0.25, 0.3) is 0 Å². The van der Waals surface area contributed by atoms with Gasteiger partial charge in [-0.2, -0.15) is 11.3 Å². The fourth-order valence-corrected chi connectivity index (χ4v) is 3.00. The van der Waals surface area contributed by atoms with Crippen LogP contribution in [-0.2, 0) is 17.9 Å². The number of hydrogen-bond acceptors (Lipinski definition) is 5. The number of nitrogens with zero attached hydrogens (tertiary/aromatic N) is 2. The third kappa shape index (κ3) is 4.47. The van der Waals surface area contributed by atoms with Gasteiger partial charge in [-0.1, -0.05) is 0 Å². The van der Waals surface area contributed by atoms with Gasteiger partial charge < -0.3 is 5.32 Å². The Bertz CT molecular complexity index is 747. The van der Waals surface area contributed by atoms with Crippen LogP contribution < -0.4 is 10.6 Å². The zero-order valence-corrected chi connectivity index (χ0v) is 13.9. The molecule has 0 aliphatic heterocycles. The van der Waals surface area contributed by atoms with E-state index in [0.29, 0.717) is 13.1 Å². The molecule has 0 saturated carbocycles. The highest BCUT2D eigenvalue weighted by Crippen LogP contribution is 2.17. The number of carbonyl (C=O) groups is 1. The molecule has 2 N–H and O–H groups in total. The molecule has 0 bridgehead atoms. The van der Waals surface area contributed by atoms with Crippen LogP contribution in [0.5, 0.6) is 0 Å². The number of nitrogens with one attached hydrogen (secondary N) is 2. The van der Waals surface area contributed by atoms with Gasteiger partial charge in [-0.05, 0) is 57.8 Å². The molecule has 0 radical (unpaired) electrons. The molecule has 3 aromatic rings. The zero-order valence-electron chi connectivity index (χ0n) is 13.1. The number of aromatic nitrogens is 2. The first-order valence-corrected chi connectivity index (χ1v) is 8.58. The van der Waals surface area contributed by atoms with E-state index in [1.54, 1.807) is 36.1 Å². The van der Waals surface area contributed by atoms with Crippen LogP contribution in [0.25, 0.3) is 0 Å². The van der Waals surface area contributed by atoms with Crippen molar-refractivity contribution in [2.24, 2.45) is 0 Å². The number of hydrogen-bond donors (Lipinski definition) is 2. The van der Waals surface area contributed by atoms with Crippen molar-refractivity contribution in [3.63, 3.8) is 0 Å². The molecule has 0 spiro atoms. The number of thiophene rings is 1. The molecule has 0 fully saturated rings. The molecular weight excluding hydrogens is 320 g/mol. The smallest absolute Gasteiger partial charge is 0.242 e. The van der Waals surface area contributed by atoms with Crippen molar-refractivity contribution >= 4 is 17.2 Å². The number of carbonyl (C=O) groups excluding carboxylic acids is 1. The number of amides is 1. The van der Waals surface area contributed by atoms with Gasteiger partial charge in [0.05, 0.1) is 0 Å². The second-order valence-corrected chi connectivity index (χ2v) is 6.08. The van der Waals surface area contributed by atoms with Crippen molar-refractivity contribution in [1.29, 1.82) is 0 Å². The molecule has 0 aromatic carbocycles. The van der Waals surface area contributed by atoms with Crippen molar-refractivity contribution in [3.8, 4) is 0 Å². The summed E-state index contributed by atoms with van der Waals surface area (Å²) in [6, 6.07) is 9.25. The van der Waals surface area contributed by atoms with Gasteiger partial charge in [-0.3, -0.25) is 20.1 Å². The van der Waals surface area contributed by atoms with Gasteiger partial charge in [0.15, 0.2) is 0 Å². The van der Waals surface area contributed by atoms with Crippen LogP contribution in [0, 0.1) is 0 Å². The first-order chi connectivity index (χ1) is 11.8. The Kier molecular flexibility index (Phi) is 5.65. The molecule has 0 saturated heterocycles. The Labute approximate surface area is 144 Å². The molecule has 3 aromatic heterocycles. The Morgan fingerprint density at radius 1 is 0.958 bits per heavy atom. The summed E-state index contributed by atoms with van der Waals surface area (Å²) in [5.74, 6) is -0.0423. The highest BCUT2D eigenvalue weighted by atomic mass is 32.1. The van der Waals surface area contributed by atoms with Crippen molar-refractivity contribution < 1.29 is 4.79 Å². The van der Waals surface area contributed by atoms with Crippen LogP contribution in [0.3, 0.4) is 0 Å². The maximum absolute atomic E-state index is 12.6. The maximum atomic E-state index is 12.6. The van der Waals surface area contributed by atoms with Crippen LogP contribution >= 0.6 is 11.3 Å². The van der Waals surface area contributed by atoms with E-state index in [4.69, 9.17) is 0 Å². The molecule has 5 nitrogen and oxygen atoms in total. The third-order valence-electron chi connectivity index (χ3n) is 3.61. The van der Waals surface area contributed by atoms with Crippen molar-refractivity contribution in [1.82, 2.24) is 20.6 Å². The maximum Gasteiger partial charge on any atom is 0.242 e. The Morgan fingerprint density at radius 2 is 1.58 bits per heavy atom. The molecule has 1 atom stereocenters. The quantitative estimate of drug-likeness (QED) is 0.695. The predicted molar refractivity (Wildman–Crippen MR) is 94.2 cm³/mol. The highest BCUT2D eigenvalue weighted by molar-refractivity contribution is 7.08. The summed E-state index contributed by atoms with van der Waals surface area (Å²) in [5.41, 5.74) is 3.09. The van der Waals surface area contributed by atoms with E-state index in [1.807, 2.05) is 41.1 Å². The minimum atomic E-state index is -0.383. The van der Waals surface area contributed by atoms with E-state index in [0.717, 1.165) is 16.7 Å². The van der Waals surface area contributed by atoms with E-state index >= 15 is 0 Å². The molecule has 3 heterocycles. The average Bonchev–Trinajstić information content (AvgIpc) is 3.16. The molecule has 0 aliphatic rings. The summed E-state index contributed by atoms with van der Waals surface area (Å²) in [7, 11) is 0. The molecule has 1 amide bonds. The van der Waals surface area contributed by atoms with Crippen LogP contribution in [0.1, 0.15) is 22.7 Å². The minimum absolute atomic E-state index is 0.0423. The summed E-state index contributed by atoms with van der Waals surface area (Å²) in [6.07, 6.45) is 6.94. The van der Waals surface area contributed by atoms with Gasteiger partial charge in [-0.15, -0.1) is 0 Å². The lowest BCUT2D eigenvalue weighted by atomic mass is 10.1. The number of pyridine rings is 2. The summed E-state index contributed by atoms with van der Waals surface area (Å²) in [6.45, 7) is 1.09. The van der Waals surface area contributed by atoms with E-state index < -0.39 is 0 Å². The normalized spacial score (nSPS) is 11.8. The van der Waals surface area contributed by atoms with Crippen molar-refractivity contribution in [2.45, 2.75) is 19.1 Å². The van der Waals surface area contributed by atoms with E-state index in [-0.39, 0.29) is 11.9 Å². The standard InChI is InChI=1S/C18H18N4OS/c23-18(22-12-15-3-8-20-9-4-15)17(16-5-10-24-13-16)21-11-14-1-6-19-7-2-14/h1-10,13,17,21H,11-12H2,(H,22,23). The topological polar surface area (TPSA) is 66.9 Å². The van der Waals surface area contributed by atoms with Crippen molar-refractivity contribution in [3.05, 3.63) is 82.6 Å². The van der Waals surface area contributed by atoms with E-state index in [2.05, 4.69) is 20.6 Å². The fourth-order valence-electron chi connectivity index (χ4n) is 2.31. The molecular formula is C18H18N4OS. The average molecular weight is 338 g/mol. The summed E-state index contributed by atoms with van der Waals surface area (Å²) < 4.78 is 0. The lowest BCUT2D eigenvalue weighted by molar-refractivity contribution is -0.123. The molecule has 3 rings (SSSR count). The monoisotopic (exact) mass is 338 g/mol. The molecule has 122 valence electrons. The minimum Gasteiger partial charge on any atom is -0.350 e. The summed E-state index contributed by atoms with van der Waals surface area (Å²) in [5, 5.41) is 10.3. The zero-order chi connectivity index (χ0) is 16.6. The molecule has 0 aliphatic carbocycles. The third-order valence-corrected chi connectivity index (χ3v) is 4.32. The molecule has 6 heteroatoms. The van der Waals surface area contributed by atoms with E-state index in [1.165, 1.54) is 0 Å². The Hall–Kier alpha value is -2.57. The molecule has 1 unspecified atom stereocenters. The first kappa shape index (κ1) is 16.3. The largest absolute Gasteiger partial charge is 0.350 e. The van der Waals surface area contributed by atoms with Gasteiger partial charge in [0.2, 0.25) is 5.91 Å². The van der Waals surface area contributed by atoms with Crippen LogP contribution in [0.2, 0.25) is 0 Å². The lowest BCUT2D eigenvalue weighted by Gasteiger charge is -2.18. The Morgan fingerprint density at radius 3 is 2.17 bits per heavy atom. The summed E-state index contributed by atoms with van der Waals surface area (Å²) in [4.78, 5) is 20.6. The van der Waals surface area contributed by atoms with Gasteiger partial charge >= 0.3 is 0 Å². The highest BCUT2D eigenvalue weighted by Gasteiger charge is 2.20. The lowest BCUT2D eigenvalue weighted by Crippen LogP contribution is -2.36. The van der Waals surface area contributed by atoms with Crippen LogP contribution in [0.4, 0.5) is 0 Å². The second kappa shape index (κ2) is 8.33. The van der Waals surface area contributed by atoms with Crippen LogP contribution in [-0.4, -0.2) is 15.9 Å². The Balaban J connectivity index is 1.64. The van der Waals surface area contributed by atoms with Crippen molar-refractivity contribution in [2.75, 3.05) is 0 Å². The van der Waals surface area contributed by atoms with Gasteiger partial charge in [0.1, 0.15) is 6.04 Å². The second-order valence-electron chi connectivity index (χ2n) is 5.30. The van der Waals surface area contributed by atoms with Crippen LogP contribution in [0.15, 0.2) is 65.9 Å². The fraction of sp³-hybridized carbons (Fsp3) is 0.167. The van der Waals surface area contributed by atoms with Gasteiger partial charge in [0, 0.05) is 37.9 Å². The molecule has 24 heavy (non-hydrogen) atoms. The van der Waals surface area contributed by atoms with E-state index in [9.17, 15) is 4.79 Å². The predicted octanol–water partition coefficient (Wildman–Crippen LogP) is 2.69. The SMILES string of the molecule is O=C(NCc1ccncc1)C(NCc1ccncc1)c1ccsc1. The summed E-state index contributed by atoms with van der Waals surface area (Å²) >= 11 is 1.58. The van der Waals surface area contributed by atoms with Gasteiger partial charge in [-0.25, -0.2) is 0 Å². The first-order valence-electron chi connectivity index (χ1n) is 7.64. The number of rotatable bonds is 7.